The van der Waals surface area contributed by atoms with Crippen LogP contribution in [0.15, 0.2) is 48.5 Å². The molecule has 0 saturated carbocycles. The smallest absolute Gasteiger partial charge is 0.231 e. The van der Waals surface area contributed by atoms with Crippen molar-refractivity contribution in [2.45, 2.75) is 18.9 Å². The van der Waals surface area contributed by atoms with Crippen molar-refractivity contribution in [2.24, 2.45) is 0 Å². The van der Waals surface area contributed by atoms with Gasteiger partial charge in [0.05, 0.1) is 23.2 Å². The predicted octanol–water partition coefficient (Wildman–Crippen LogP) is 2.83. The van der Waals surface area contributed by atoms with E-state index in [1.807, 2.05) is 49.4 Å². The standard InChI is InChI=1S/C19H19N5O/c1-19(11-16(25)24(2)18(20)21-19)13-8-9-15-14(10-13)17(23-22-15)12-6-4-3-5-7-12/h3-10H,11H2,1-2H3,(H2,20,21)(H,22,23)/t19-/m0/s1. The molecular formula is C19H19N5O. The second-order valence-corrected chi connectivity index (χ2v) is 6.63. The van der Waals surface area contributed by atoms with E-state index in [4.69, 9.17) is 5.41 Å². The highest BCUT2D eigenvalue weighted by molar-refractivity contribution is 5.99. The van der Waals surface area contributed by atoms with Crippen molar-refractivity contribution >= 4 is 22.8 Å². The lowest BCUT2D eigenvalue weighted by atomic mass is 9.85. The van der Waals surface area contributed by atoms with Gasteiger partial charge in [-0.1, -0.05) is 36.4 Å². The molecule has 1 amide bonds. The highest BCUT2D eigenvalue weighted by Gasteiger charge is 2.38. The zero-order valence-corrected chi connectivity index (χ0v) is 14.1. The summed E-state index contributed by atoms with van der Waals surface area (Å²) in [4.78, 5) is 13.6. The number of amides is 1. The number of H-pyrrole nitrogens is 1. The molecule has 1 saturated heterocycles. The van der Waals surface area contributed by atoms with E-state index in [0.29, 0.717) is 6.42 Å². The summed E-state index contributed by atoms with van der Waals surface area (Å²) >= 11 is 0. The summed E-state index contributed by atoms with van der Waals surface area (Å²) in [6.45, 7) is 1.95. The monoisotopic (exact) mass is 333 g/mol. The molecule has 2 aromatic carbocycles. The Morgan fingerprint density at radius 3 is 2.68 bits per heavy atom. The van der Waals surface area contributed by atoms with Crippen molar-refractivity contribution in [1.29, 1.82) is 5.41 Å². The lowest BCUT2D eigenvalue weighted by Crippen LogP contribution is -2.58. The van der Waals surface area contributed by atoms with Crippen LogP contribution in [0.2, 0.25) is 0 Å². The van der Waals surface area contributed by atoms with Gasteiger partial charge in [-0.25, -0.2) is 0 Å². The van der Waals surface area contributed by atoms with Crippen molar-refractivity contribution in [2.75, 3.05) is 7.05 Å². The molecule has 3 aromatic rings. The van der Waals surface area contributed by atoms with Gasteiger partial charge in [0.25, 0.3) is 0 Å². The summed E-state index contributed by atoms with van der Waals surface area (Å²) < 4.78 is 0. The van der Waals surface area contributed by atoms with Crippen LogP contribution in [-0.4, -0.2) is 34.0 Å². The first-order valence-electron chi connectivity index (χ1n) is 8.15. The van der Waals surface area contributed by atoms with Crippen molar-refractivity contribution in [3.8, 4) is 11.3 Å². The average molecular weight is 333 g/mol. The first-order valence-corrected chi connectivity index (χ1v) is 8.15. The van der Waals surface area contributed by atoms with Crippen LogP contribution in [0.3, 0.4) is 0 Å². The number of carbonyl (C=O) groups excluding carboxylic acids is 1. The van der Waals surface area contributed by atoms with Crippen LogP contribution in [0, 0.1) is 5.41 Å². The van der Waals surface area contributed by atoms with Crippen LogP contribution in [-0.2, 0) is 10.3 Å². The number of nitrogens with one attached hydrogen (secondary N) is 3. The Morgan fingerprint density at radius 2 is 1.96 bits per heavy atom. The first-order chi connectivity index (χ1) is 12.0. The fraction of sp³-hybridized carbons (Fsp3) is 0.211. The van der Waals surface area contributed by atoms with Crippen LogP contribution in [0.25, 0.3) is 22.2 Å². The zero-order chi connectivity index (χ0) is 17.6. The molecule has 0 bridgehead atoms. The minimum Gasteiger partial charge on any atom is -0.346 e. The van der Waals surface area contributed by atoms with Gasteiger partial charge in [-0.05, 0) is 24.6 Å². The predicted molar refractivity (Wildman–Crippen MR) is 97.1 cm³/mol. The minimum absolute atomic E-state index is 0.0678. The second-order valence-electron chi connectivity index (χ2n) is 6.63. The highest BCUT2D eigenvalue weighted by Crippen LogP contribution is 2.33. The maximum absolute atomic E-state index is 12.2. The van der Waals surface area contributed by atoms with Crippen molar-refractivity contribution in [3.63, 3.8) is 0 Å². The van der Waals surface area contributed by atoms with Gasteiger partial charge in [0.1, 0.15) is 0 Å². The van der Waals surface area contributed by atoms with E-state index in [1.54, 1.807) is 7.05 Å². The number of guanidine groups is 1. The summed E-state index contributed by atoms with van der Waals surface area (Å²) in [5, 5.41) is 19.7. The average Bonchev–Trinajstić information content (AvgIpc) is 3.03. The van der Waals surface area contributed by atoms with Gasteiger partial charge < -0.3 is 5.32 Å². The van der Waals surface area contributed by atoms with E-state index < -0.39 is 5.54 Å². The maximum atomic E-state index is 12.2. The first kappa shape index (κ1) is 15.4. The minimum atomic E-state index is -0.611. The largest absolute Gasteiger partial charge is 0.346 e. The van der Waals surface area contributed by atoms with E-state index in [1.165, 1.54) is 4.90 Å². The summed E-state index contributed by atoms with van der Waals surface area (Å²) in [5.74, 6) is 0.0520. The normalized spacial score (nSPS) is 20.8. The molecule has 1 atom stereocenters. The summed E-state index contributed by atoms with van der Waals surface area (Å²) in [6, 6.07) is 16.0. The van der Waals surface area contributed by atoms with E-state index in [9.17, 15) is 4.79 Å². The molecule has 1 fully saturated rings. The number of nitrogens with zero attached hydrogens (tertiary/aromatic N) is 2. The number of fused-ring (bicyclic) bond motifs is 1. The van der Waals surface area contributed by atoms with E-state index in [0.717, 1.165) is 27.7 Å². The Bertz CT molecular complexity index is 958. The quantitative estimate of drug-likeness (QED) is 0.674. The van der Waals surface area contributed by atoms with Gasteiger partial charge in [0.15, 0.2) is 5.96 Å². The molecule has 2 heterocycles. The van der Waals surface area contributed by atoms with Crippen molar-refractivity contribution < 1.29 is 4.79 Å². The number of rotatable bonds is 2. The van der Waals surface area contributed by atoms with Gasteiger partial charge >= 0.3 is 0 Å². The Hall–Kier alpha value is -3.15. The maximum Gasteiger partial charge on any atom is 0.231 e. The SMILES string of the molecule is CN1C(=N)N[C@](C)(c2ccc3[nH]nc(-c4ccccc4)c3c2)CC1=O. The summed E-state index contributed by atoms with van der Waals surface area (Å²) in [6.07, 6.45) is 0.301. The lowest BCUT2D eigenvalue weighted by Gasteiger charge is -2.39. The third kappa shape index (κ3) is 2.46. The van der Waals surface area contributed by atoms with Gasteiger partial charge in [0.2, 0.25) is 5.91 Å². The van der Waals surface area contributed by atoms with Gasteiger partial charge in [-0.2, -0.15) is 5.10 Å². The van der Waals surface area contributed by atoms with E-state index in [2.05, 4.69) is 21.6 Å². The fourth-order valence-electron chi connectivity index (χ4n) is 3.28. The van der Waals surface area contributed by atoms with Gasteiger partial charge in [0, 0.05) is 18.0 Å². The van der Waals surface area contributed by atoms with Gasteiger partial charge in [-0.3, -0.25) is 20.2 Å². The molecule has 25 heavy (non-hydrogen) atoms. The zero-order valence-electron chi connectivity index (χ0n) is 14.1. The molecule has 1 aliphatic heterocycles. The molecule has 126 valence electrons. The Morgan fingerprint density at radius 1 is 1.20 bits per heavy atom. The van der Waals surface area contributed by atoms with Crippen LogP contribution in [0.5, 0.6) is 0 Å². The molecule has 4 rings (SSSR count). The van der Waals surface area contributed by atoms with Crippen LogP contribution in [0.4, 0.5) is 0 Å². The number of hydrogen-bond acceptors (Lipinski definition) is 3. The van der Waals surface area contributed by atoms with Crippen LogP contribution in [0.1, 0.15) is 18.9 Å². The van der Waals surface area contributed by atoms with E-state index >= 15 is 0 Å². The Balaban J connectivity index is 1.81. The molecule has 0 radical (unpaired) electrons. The molecule has 6 heteroatoms. The number of aromatic nitrogens is 2. The Kier molecular flexibility index (Phi) is 3.35. The highest BCUT2D eigenvalue weighted by atomic mass is 16.2. The van der Waals surface area contributed by atoms with Gasteiger partial charge in [-0.15, -0.1) is 0 Å². The lowest BCUT2D eigenvalue weighted by molar-refractivity contribution is -0.129. The molecular weight excluding hydrogens is 314 g/mol. The topological polar surface area (TPSA) is 84.9 Å². The molecule has 1 aliphatic rings. The molecule has 6 nitrogen and oxygen atoms in total. The Labute approximate surface area is 145 Å². The van der Waals surface area contributed by atoms with E-state index in [-0.39, 0.29) is 11.9 Å². The van der Waals surface area contributed by atoms with Crippen molar-refractivity contribution in [1.82, 2.24) is 20.4 Å². The third-order valence-electron chi connectivity index (χ3n) is 4.86. The summed E-state index contributed by atoms with van der Waals surface area (Å²) in [7, 11) is 1.62. The molecule has 3 N–H and O–H groups in total. The number of carbonyl (C=O) groups is 1. The third-order valence-corrected chi connectivity index (χ3v) is 4.86. The second kappa shape index (κ2) is 5.44. The van der Waals surface area contributed by atoms with Crippen LogP contribution < -0.4 is 5.32 Å². The number of hydrogen-bond donors (Lipinski definition) is 3. The summed E-state index contributed by atoms with van der Waals surface area (Å²) in [5.41, 5.74) is 3.22. The number of benzene rings is 2. The molecule has 0 spiro atoms. The van der Waals surface area contributed by atoms with Crippen molar-refractivity contribution in [3.05, 3.63) is 54.1 Å². The molecule has 1 aromatic heterocycles. The van der Waals surface area contributed by atoms with Crippen LogP contribution >= 0.6 is 0 Å². The fourth-order valence-corrected chi connectivity index (χ4v) is 3.28. The molecule has 0 unspecified atom stereocenters. The molecule has 0 aliphatic carbocycles. The number of aromatic amines is 1.